The van der Waals surface area contributed by atoms with Gasteiger partial charge >= 0.3 is 0 Å². The van der Waals surface area contributed by atoms with E-state index in [4.69, 9.17) is 5.26 Å². The molecule has 0 aromatic carbocycles. The molecule has 0 saturated heterocycles. The van der Waals surface area contributed by atoms with E-state index >= 15 is 0 Å². The van der Waals surface area contributed by atoms with Gasteiger partial charge in [-0.3, -0.25) is 0 Å². The average molecular weight is 192 g/mol. The van der Waals surface area contributed by atoms with Gasteiger partial charge in [-0.05, 0) is 19.3 Å². The van der Waals surface area contributed by atoms with Crippen molar-refractivity contribution in [1.29, 1.82) is 5.26 Å². The Morgan fingerprint density at radius 3 is 2.92 bits per heavy atom. The highest BCUT2D eigenvalue weighted by Gasteiger charge is 2.27. The predicted octanol–water partition coefficient (Wildman–Crippen LogP) is 2.65. The minimum absolute atomic E-state index is 0.535. The highest BCUT2D eigenvalue weighted by Crippen LogP contribution is 2.42. The van der Waals surface area contributed by atoms with Gasteiger partial charge in [0.15, 0.2) is 0 Å². The van der Waals surface area contributed by atoms with Crippen molar-refractivity contribution in [3.05, 3.63) is 15.6 Å². The molecule has 3 heteroatoms. The van der Waals surface area contributed by atoms with Crippen LogP contribution in [0.15, 0.2) is 0 Å². The summed E-state index contributed by atoms with van der Waals surface area (Å²) >= 11 is 1.75. The van der Waals surface area contributed by atoms with Gasteiger partial charge in [0.05, 0.1) is 23.2 Å². The maximum Gasteiger partial charge on any atom is 0.0962 e. The van der Waals surface area contributed by atoms with E-state index in [0.29, 0.717) is 6.42 Å². The molecular weight excluding hydrogens is 180 g/mol. The molecule has 1 aliphatic carbocycles. The van der Waals surface area contributed by atoms with Gasteiger partial charge in [0.25, 0.3) is 0 Å². The summed E-state index contributed by atoms with van der Waals surface area (Å²) in [4.78, 5) is 5.76. The van der Waals surface area contributed by atoms with E-state index in [1.54, 1.807) is 11.3 Å². The van der Waals surface area contributed by atoms with E-state index in [0.717, 1.165) is 18.0 Å². The van der Waals surface area contributed by atoms with Crippen LogP contribution in [-0.2, 0) is 12.8 Å². The summed E-state index contributed by atoms with van der Waals surface area (Å²) in [6, 6.07) is 2.20. The first-order chi connectivity index (χ1) is 6.35. The summed E-state index contributed by atoms with van der Waals surface area (Å²) < 4.78 is 0. The summed E-state index contributed by atoms with van der Waals surface area (Å²) in [5.74, 6) is 0.725. The van der Waals surface area contributed by atoms with Crippen molar-refractivity contribution in [3.8, 4) is 6.07 Å². The highest BCUT2D eigenvalue weighted by atomic mass is 32.1. The van der Waals surface area contributed by atoms with Crippen LogP contribution in [0.2, 0.25) is 0 Å². The second-order valence-corrected chi connectivity index (χ2v) is 4.50. The van der Waals surface area contributed by atoms with Crippen molar-refractivity contribution in [1.82, 2.24) is 4.98 Å². The average Bonchev–Trinajstić information content (AvgIpc) is 2.90. The lowest BCUT2D eigenvalue weighted by atomic mass is 10.2. The van der Waals surface area contributed by atoms with Crippen LogP contribution in [0.3, 0.4) is 0 Å². The number of nitrogens with zero attached hydrogens (tertiary/aromatic N) is 2. The Morgan fingerprint density at radius 2 is 2.38 bits per heavy atom. The molecule has 0 aliphatic heterocycles. The Morgan fingerprint density at radius 1 is 1.62 bits per heavy atom. The quantitative estimate of drug-likeness (QED) is 0.738. The van der Waals surface area contributed by atoms with Gasteiger partial charge in [-0.15, -0.1) is 11.3 Å². The molecule has 0 unspecified atom stereocenters. The number of aromatic nitrogens is 1. The first kappa shape index (κ1) is 8.71. The van der Waals surface area contributed by atoms with Gasteiger partial charge in [0, 0.05) is 10.8 Å². The molecule has 13 heavy (non-hydrogen) atoms. The van der Waals surface area contributed by atoms with Crippen LogP contribution in [-0.4, -0.2) is 4.98 Å². The zero-order chi connectivity index (χ0) is 9.26. The molecule has 1 fully saturated rings. The standard InChI is InChI=1S/C10H12N2S/c1-2-8-9(5-6-11)13-10(12-8)7-3-4-7/h7H,2-5H2,1H3. The number of rotatable bonds is 3. The van der Waals surface area contributed by atoms with E-state index in [1.807, 2.05) is 0 Å². The zero-order valence-electron chi connectivity index (χ0n) is 7.71. The summed E-state index contributed by atoms with van der Waals surface area (Å²) in [5.41, 5.74) is 1.15. The number of aryl methyl sites for hydroxylation is 1. The van der Waals surface area contributed by atoms with Crippen LogP contribution in [0.4, 0.5) is 0 Å². The van der Waals surface area contributed by atoms with Crippen molar-refractivity contribution < 1.29 is 0 Å². The van der Waals surface area contributed by atoms with Crippen molar-refractivity contribution in [2.45, 2.75) is 38.5 Å². The van der Waals surface area contributed by atoms with Gasteiger partial charge in [-0.25, -0.2) is 4.98 Å². The monoisotopic (exact) mass is 192 g/mol. The number of nitriles is 1. The van der Waals surface area contributed by atoms with Crippen molar-refractivity contribution in [2.75, 3.05) is 0 Å². The SMILES string of the molecule is CCc1nc(C2CC2)sc1CC#N. The lowest BCUT2D eigenvalue weighted by Crippen LogP contribution is -1.86. The second-order valence-electron chi connectivity index (χ2n) is 3.38. The molecule has 1 aromatic rings. The maximum absolute atomic E-state index is 8.63. The summed E-state index contributed by atoms with van der Waals surface area (Å²) in [7, 11) is 0. The third kappa shape index (κ3) is 1.73. The molecule has 0 N–H and O–H groups in total. The van der Waals surface area contributed by atoms with Crippen molar-refractivity contribution in [3.63, 3.8) is 0 Å². The molecule has 0 bridgehead atoms. The van der Waals surface area contributed by atoms with E-state index in [1.165, 1.54) is 22.7 Å². The molecule has 1 aliphatic rings. The van der Waals surface area contributed by atoms with Crippen LogP contribution >= 0.6 is 11.3 Å². The predicted molar refractivity (Wildman–Crippen MR) is 52.8 cm³/mol. The molecule has 2 nitrogen and oxygen atoms in total. The molecular formula is C10H12N2S. The lowest BCUT2D eigenvalue weighted by Gasteiger charge is -1.89. The van der Waals surface area contributed by atoms with Crippen LogP contribution in [0.1, 0.15) is 41.3 Å². The second kappa shape index (κ2) is 3.47. The van der Waals surface area contributed by atoms with Crippen LogP contribution in [0.5, 0.6) is 0 Å². The van der Waals surface area contributed by atoms with E-state index in [9.17, 15) is 0 Å². The number of hydrogen-bond acceptors (Lipinski definition) is 3. The molecule has 0 amide bonds. The fourth-order valence-corrected chi connectivity index (χ4v) is 2.65. The number of hydrogen-bond donors (Lipinski definition) is 0. The molecule has 1 aromatic heterocycles. The van der Waals surface area contributed by atoms with E-state index in [-0.39, 0.29) is 0 Å². The van der Waals surface area contributed by atoms with Crippen molar-refractivity contribution >= 4 is 11.3 Å². The van der Waals surface area contributed by atoms with Gasteiger partial charge < -0.3 is 0 Å². The summed E-state index contributed by atoms with van der Waals surface area (Å²) in [5, 5.41) is 9.90. The molecule has 68 valence electrons. The zero-order valence-corrected chi connectivity index (χ0v) is 8.52. The number of thiazole rings is 1. The summed E-state index contributed by atoms with van der Waals surface area (Å²) in [6.07, 6.45) is 4.08. The van der Waals surface area contributed by atoms with E-state index in [2.05, 4.69) is 18.0 Å². The first-order valence-corrected chi connectivity index (χ1v) is 5.52. The highest BCUT2D eigenvalue weighted by molar-refractivity contribution is 7.11. The third-order valence-corrected chi connectivity index (χ3v) is 3.56. The van der Waals surface area contributed by atoms with Gasteiger partial charge in [-0.2, -0.15) is 5.26 Å². The fraction of sp³-hybridized carbons (Fsp3) is 0.600. The van der Waals surface area contributed by atoms with Crippen LogP contribution in [0.25, 0.3) is 0 Å². The maximum atomic E-state index is 8.63. The molecule has 1 heterocycles. The fourth-order valence-electron chi connectivity index (χ4n) is 1.39. The van der Waals surface area contributed by atoms with Crippen molar-refractivity contribution in [2.24, 2.45) is 0 Å². The molecule has 0 atom stereocenters. The smallest absolute Gasteiger partial charge is 0.0962 e. The molecule has 1 saturated carbocycles. The van der Waals surface area contributed by atoms with Gasteiger partial charge in [0.2, 0.25) is 0 Å². The molecule has 0 radical (unpaired) electrons. The minimum atomic E-state index is 0.535. The Hall–Kier alpha value is -0.880. The van der Waals surface area contributed by atoms with E-state index < -0.39 is 0 Å². The summed E-state index contributed by atoms with van der Waals surface area (Å²) in [6.45, 7) is 2.10. The Labute approximate surface area is 82.2 Å². The lowest BCUT2D eigenvalue weighted by molar-refractivity contribution is 0.980. The topological polar surface area (TPSA) is 36.7 Å². The minimum Gasteiger partial charge on any atom is -0.246 e. The van der Waals surface area contributed by atoms with Gasteiger partial charge in [0.1, 0.15) is 0 Å². The Kier molecular flexibility index (Phi) is 2.32. The van der Waals surface area contributed by atoms with Crippen LogP contribution < -0.4 is 0 Å². The normalized spacial score (nSPS) is 15.7. The van der Waals surface area contributed by atoms with Gasteiger partial charge in [-0.1, -0.05) is 6.92 Å². The first-order valence-electron chi connectivity index (χ1n) is 4.70. The molecule has 0 spiro atoms. The Bertz CT molecular complexity index is 344. The molecule has 2 rings (SSSR count). The Balaban J connectivity index is 2.26. The van der Waals surface area contributed by atoms with Crippen LogP contribution in [0, 0.1) is 11.3 Å². The third-order valence-electron chi connectivity index (χ3n) is 2.30. The largest absolute Gasteiger partial charge is 0.246 e.